The van der Waals surface area contributed by atoms with E-state index in [2.05, 4.69) is 22.2 Å². The lowest BCUT2D eigenvalue weighted by Crippen LogP contribution is -2.62. The molecule has 6 heteroatoms. The van der Waals surface area contributed by atoms with E-state index in [0.717, 1.165) is 25.9 Å². The second-order valence-electron chi connectivity index (χ2n) is 6.74. The molecule has 2 atom stereocenters. The quantitative estimate of drug-likeness (QED) is 0.922. The Hall–Kier alpha value is -2.21. The standard InChI is InChI=1S/C18H21FN4O/c1-12-17(13-6-8-22(12)9-7-13)21-18(24)23-11-14(10-20-23)15-4-2-3-5-16(15)19/h2-5,10-13,17H,6-9H2,1H3,(H,21,24)/t12-,17-/m0/s1. The molecular formula is C18H21FN4O. The monoisotopic (exact) mass is 328 g/mol. The van der Waals surface area contributed by atoms with Gasteiger partial charge in [-0.3, -0.25) is 4.90 Å². The zero-order chi connectivity index (χ0) is 16.7. The average molecular weight is 328 g/mol. The highest BCUT2D eigenvalue weighted by Crippen LogP contribution is 2.32. The first-order valence-electron chi connectivity index (χ1n) is 8.48. The van der Waals surface area contributed by atoms with E-state index in [0.29, 0.717) is 23.1 Å². The fraction of sp³-hybridized carbons (Fsp3) is 0.444. The minimum absolute atomic E-state index is 0.154. The molecule has 3 fully saturated rings. The third-order valence-corrected chi connectivity index (χ3v) is 5.44. The summed E-state index contributed by atoms with van der Waals surface area (Å²) in [4.78, 5) is 15.0. The minimum atomic E-state index is -0.316. The normalized spacial score (nSPS) is 28.8. The fourth-order valence-electron chi connectivity index (χ4n) is 4.02. The highest BCUT2D eigenvalue weighted by atomic mass is 19.1. The highest BCUT2D eigenvalue weighted by Gasteiger charge is 2.40. The molecule has 1 N–H and O–H groups in total. The Morgan fingerprint density at radius 2 is 2.04 bits per heavy atom. The molecule has 3 saturated heterocycles. The molecule has 0 unspecified atom stereocenters. The van der Waals surface area contributed by atoms with Gasteiger partial charge in [0.15, 0.2) is 0 Å². The van der Waals surface area contributed by atoms with Crippen LogP contribution in [0.1, 0.15) is 19.8 Å². The van der Waals surface area contributed by atoms with Gasteiger partial charge in [0, 0.05) is 29.4 Å². The third kappa shape index (κ3) is 2.60. The second-order valence-corrected chi connectivity index (χ2v) is 6.74. The van der Waals surface area contributed by atoms with Gasteiger partial charge in [0.05, 0.1) is 6.20 Å². The number of fused-ring (bicyclic) bond motifs is 3. The second kappa shape index (κ2) is 6.02. The van der Waals surface area contributed by atoms with Crippen molar-refractivity contribution >= 4 is 6.03 Å². The number of hydrogen-bond donors (Lipinski definition) is 1. The summed E-state index contributed by atoms with van der Waals surface area (Å²) in [6, 6.07) is 6.76. The zero-order valence-corrected chi connectivity index (χ0v) is 13.7. The molecule has 2 aromatic rings. The Kier molecular flexibility index (Phi) is 3.84. The lowest BCUT2D eigenvalue weighted by molar-refractivity contribution is 0.0266. The first-order valence-corrected chi connectivity index (χ1v) is 8.48. The van der Waals surface area contributed by atoms with E-state index in [-0.39, 0.29) is 17.9 Å². The number of nitrogens with zero attached hydrogens (tertiary/aromatic N) is 3. The Bertz CT molecular complexity index is 749. The summed E-state index contributed by atoms with van der Waals surface area (Å²) in [7, 11) is 0. The van der Waals surface area contributed by atoms with Crippen molar-refractivity contribution in [3.63, 3.8) is 0 Å². The summed E-state index contributed by atoms with van der Waals surface area (Å²) in [5.41, 5.74) is 1.05. The van der Waals surface area contributed by atoms with Crippen LogP contribution in [0.15, 0.2) is 36.7 Å². The Labute approximate surface area is 140 Å². The summed E-state index contributed by atoms with van der Waals surface area (Å²) in [6.07, 6.45) is 5.38. The maximum Gasteiger partial charge on any atom is 0.342 e. The van der Waals surface area contributed by atoms with Gasteiger partial charge in [0.1, 0.15) is 5.82 Å². The SMILES string of the molecule is C[C@H]1[C@H](NC(=O)n2cc(-c3ccccc3F)cn2)C2CCN1CC2. The van der Waals surface area contributed by atoms with E-state index in [9.17, 15) is 9.18 Å². The van der Waals surface area contributed by atoms with Gasteiger partial charge >= 0.3 is 6.03 Å². The predicted octanol–water partition coefficient (Wildman–Crippen LogP) is 2.73. The van der Waals surface area contributed by atoms with Gasteiger partial charge in [-0.25, -0.2) is 9.18 Å². The summed E-state index contributed by atoms with van der Waals surface area (Å²) in [6.45, 7) is 4.42. The zero-order valence-electron chi connectivity index (χ0n) is 13.7. The number of carbonyl (C=O) groups excluding carboxylic acids is 1. The van der Waals surface area contributed by atoms with E-state index in [1.807, 2.05) is 0 Å². The smallest absolute Gasteiger partial charge is 0.332 e. The van der Waals surface area contributed by atoms with Crippen LogP contribution in [0.4, 0.5) is 9.18 Å². The Morgan fingerprint density at radius 3 is 2.75 bits per heavy atom. The van der Waals surface area contributed by atoms with Crippen LogP contribution in [0.3, 0.4) is 0 Å². The van der Waals surface area contributed by atoms with Crippen LogP contribution in [0.5, 0.6) is 0 Å². The minimum Gasteiger partial charge on any atom is -0.332 e. The number of rotatable bonds is 2. The molecule has 1 aromatic heterocycles. The van der Waals surface area contributed by atoms with Gasteiger partial charge in [-0.05, 0) is 44.8 Å². The molecule has 126 valence electrons. The van der Waals surface area contributed by atoms with E-state index >= 15 is 0 Å². The number of carbonyl (C=O) groups is 1. The Balaban J connectivity index is 1.51. The predicted molar refractivity (Wildman–Crippen MR) is 89.1 cm³/mol. The van der Waals surface area contributed by atoms with Gasteiger partial charge < -0.3 is 5.32 Å². The van der Waals surface area contributed by atoms with Crippen LogP contribution in [0.25, 0.3) is 11.1 Å². The lowest BCUT2D eigenvalue weighted by atomic mass is 9.79. The van der Waals surface area contributed by atoms with Gasteiger partial charge in [-0.15, -0.1) is 0 Å². The molecule has 1 amide bonds. The van der Waals surface area contributed by atoms with Crippen LogP contribution < -0.4 is 5.32 Å². The summed E-state index contributed by atoms with van der Waals surface area (Å²) < 4.78 is 15.1. The molecule has 24 heavy (non-hydrogen) atoms. The molecule has 3 aliphatic rings. The van der Waals surface area contributed by atoms with Crippen molar-refractivity contribution in [2.24, 2.45) is 5.92 Å². The number of halogens is 1. The third-order valence-electron chi connectivity index (χ3n) is 5.44. The van der Waals surface area contributed by atoms with Crippen molar-refractivity contribution in [3.05, 3.63) is 42.5 Å². The van der Waals surface area contributed by atoms with Crippen molar-refractivity contribution in [1.82, 2.24) is 20.0 Å². The first-order chi connectivity index (χ1) is 11.6. The van der Waals surface area contributed by atoms with Gasteiger partial charge in [-0.2, -0.15) is 9.78 Å². The number of aromatic nitrogens is 2. The van der Waals surface area contributed by atoms with Crippen LogP contribution in [-0.2, 0) is 0 Å². The molecule has 0 saturated carbocycles. The van der Waals surface area contributed by atoms with Crippen molar-refractivity contribution in [3.8, 4) is 11.1 Å². The molecule has 2 bridgehead atoms. The molecule has 1 aromatic carbocycles. The summed E-state index contributed by atoms with van der Waals surface area (Å²) in [5, 5.41) is 7.23. The van der Waals surface area contributed by atoms with Crippen molar-refractivity contribution in [2.75, 3.05) is 13.1 Å². The maximum atomic E-state index is 13.9. The van der Waals surface area contributed by atoms with Crippen molar-refractivity contribution in [2.45, 2.75) is 31.8 Å². The summed E-state index contributed by atoms with van der Waals surface area (Å²) >= 11 is 0. The van der Waals surface area contributed by atoms with Crippen molar-refractivity contribution in [1.29, 1.82) is 0 Å². The van der Waals surface area contributed by atoms with Gasteiger partial charge in [-0.1, -0.05) is 18.2 Å². The largest absolute Gasteiger partial charge is 0.342 e. The molecule has 3 aliphatic heterocycles. The van der Waals surface area contributed by atoms with Gasteiger partial charge in [0.25, 0.3) is 0 Å². The summed E-state index contributed by atoms with van der Waals surface area (Å²) in [5.74, 6) is 0.221. The average Bonchev–Trinajstić information content (AvgIpc) is 3.09. The fourth-order valence-corrected chi connectivity index (χ4v) is 4.02. The van der Waals surface area contributed by atoms with Crippen LogP contribution in [-0.4, -0.2) is 45.9 Å². The molecule has 5 nitrogen and oxygen atoms in total. The molecular weight excluding hydrogens is 307 g/mol. The van der Waals surface area contributed by atoms with Gasteiger partial charge in [0.2, 0.25) is 0 Å². The molecule has 0 radical (unpaired) electrons. The van der Waals surface area contributed by atoms with E-state index in [1.54, 1.807) is 24.4 Å². The van der Waals surface area contributed by atoms with Crippen molar-refractivity contribution < 1.29 is 9.18 Å². The van der Waals surface area contributed by atoms with E-state index in [4.69, 9.17) is 0 Å². The van der Waals surface area contributed by atoms with Crippen LogP contribution >= 0.6 is 0 Å². The molecule has 0 aliphatic carbocycles. The number of benzene rings is 1. The van der Waals surface area contributed by atoms with Crippen LogP contribution in [0.2, 0.25) is 0 Å². The first kappa shape index (κ1) is 15.3. The van der Waals surface area contributed by atoms with Crippen LogP contribution in [0, 0.1) is 11.7 Å². The number of amides is 1. The van der Waals surface area contributed by atoms with E-state index < -0.39 is 0 Å². The number of nitrogens with one attached hydrogen (secondary N) is 1. The highest BCUT2D eigenvalue weighted by molar-refractivity contribution is 5.78. The molecule has 5 rings (SSSR count). The lowest BCUT2D eigenvalue weighted by Gasteiger charge is -2.49. The molecule has 4 heterocycles. The maximum absolute atomic E-state index is 13.9. The Morgan fingerprint density at radius 1 is 1.29 bits per heavy atom. The number of piperidine rings is 3. The number of hydrogen-bond acceptors (Lipinski definition) is 3. The molecule has 0 spiro atoms. The topological polar surface area (TPSA) is 50.2 Å². The van der Waals surface area contributed by atoms with E-state index in [1.165, 1.54) is 16.9 Å².